The van der Waals surface area contributed by atoms with Crippen molar-refractivity contribution in [2.45, 2.75) is 0 Å². The molecule has 4 rings (SSSR count). The number of nitrogens with zero attached hydrogens (tertiary/aromatic N) is 2. The second kappa shape index (κ2) is 7.40. The summed E-state index contributed by atoms with van der Waals surface area (Å²) in [6.45, 7) is 0. The van der Waals surface area contributed by atoms with E-state index in [0.29, 0.717) is 0 Å². The number of hydrogen-bond donors (Lipinski definition) is 0. The maximum atomic E-state index is 6.07. The second-order valence-electron chi connectivity index (χ2n) is 4.78. The molecule has 24 heavy (non-hydrogen) atoms. The van der Waals surface area contributed by atoms with Crippen LogP contribution in [0.3, 0.4) is 0 Å². The van der Waals surface area contributed by atoms with Crippen LogP contribution in [0.4, 0.5) is 0 Å². The highest BCUT2D eigenvalue weighted by atomic mass is 35.5. The van der Waals surface area contributed by atoms with E-state index < -0.39 is 0 Å². The number of hydrogen-bond acceptors (Lipinski definition) is 6. The first kappa shape index (κ1) is 16.9. The van der Waals surface area contributed by atoms with Gasteiger partial charge >= 0.3 is 0 Å². The average molecular weight is 427 g/mol. The van der Waals surface area contributed by atoms with Gasteiger partial charge in [-0.15, -0.1) is 0 Å². The Morgan fingerprint density at radius 1 is 0.667 bits per heavy atom. The van der Waals surface area contributed by atoms with Gasteiger partial charge in [-0.2, -0.15) is 0 Å². The molecule has 0 amide bonds. The summed E-state index contributed by atoms with van der Waals surface area (Å²) < 4.78 is 11.4. The number of thioether (sulfide) groups is 2. The minimum atomic E-state index is 0.720. The van der Waals surface area contributed by atoms with Crippen LogP contribution in [-0.2, 0) is 0 Å². The van der Waals surface area contributed by atoms with E-state index in [1.54, 1.807) is 23.5 Å². The summed E-state index contributed by atoms with van der Waals surface area (Å²) in [5.41, 5.74) is 2.08. The van der Waals surface area contributed by atoms with E-state index in [1.807, 2.05) is 48.5 Å². The standard InChI is InChI=1S/C16H8Cl2N2S4/c17-11-5-1-3-9(7-11)13-19-23-15(21-13)16-22-14(20-24-16)10-4-2-6-12(18)8-10/h1-8H/b16-15-. The molecule has 2 nitrogen and oxygen atoms in total. The molecule has 0 radical (unpaired) electrons. The third-order valence-corrected chi connectivity index (χ3v) is 8.38. The molecular weight excluding hydrogens is 419 g/mol. The Kier molecular flexibility index (Phi) is 5.22. The van der Waals surface area contributed by atoms with Crippen LogP contribution in [0.15, 0.2) is 65.8 Å². The van der Waals surface area contributed by atoms with Gasteiger partial charge in [0, 0.05) is 45.1 Å². The fourth-order valence-corrected chi connectivity index (χ4v) is 6.58. The summed E-state index contributed by atoms with van der Waals surface area (Å²) in [6.07, 6.45) is 0. The number of benzene rings is 2. The van der Waals surface area contributed by atoms with Crippen molar-refractivity contribution < 1.29 is 0 Å². The topological polar surface area (TPSA) is 24.7 Å². The largest absolute Gasteiger partial charge is 0.203 e. The lowest BCUT2D eigenvalue weighted by molar-refractivity contribution is 1.66. The zero-order chi connectivity index (χ0) is 16.5. The van der Waals surface area contributed by atoms with Gasteiger partial charge in [-0.3, -0.25) is 0 Å². The van der Waals surface area contributed by atoms with Gasteiger partial charge in [0.15, 0.2) is 0 Å². The molecule has 0 unspecified atom stereocenters. The fraction of sp³-hybridized carbons (Fsp3) is 0. The molecule has 0 atom stereocenters. The zero-order valence-electron chi connectivity index (χ0n) is 11.9. The lowest BCUT2D eigenvalue weighted by Crippen LogP contribution is -1.91. The average Bonchev–Trinajstić information content (AvgIpc) is 3.24. The van der Waals surface area contributed by atoms with Crippen molar-refractivity contribution in [3.8, 4) is 0 Å². The molecule has 0 aromatic heterocycles. The highest BCUT2D eigenvalue weighted by Crippen LogP contribution is 2.52. The summed E-state index contributed by atoms with van der Waals surface area (Å²) in [5, 5.41) is 3.39. The molecule has 2 aliphatic heterocycles. The van der Waals surface area contributed by atoms with Crippen molar-refractivity contribution in [1.82, 2.24) is 0 Å². The first-order chi connectivity index (χ1) is 11.7. The van der Waals surface area contributed by atoms with E-state index >= 15 is 0 Å². The second-order valence-corrected chi connectivity index (χ2v) is 9.71. The van der Waals surface area contributed by atoms with Crippen molar-refractivity contribution in [3.63, 3.8) is 0 Å². The highest BCUT2D eigenvalue weighted by molar-refractivity contribution is 8.38. The van der Waals surface area contributed by atoms with Crippen LogP contribution in [0.25, 0.3) is 0 Å². The van der Waals surface area contributed by atoms with E-state index in [1.165, 1.54) is 23.9 Å². The predicted molar refractivity (Wildman–Crippen MR) is 113 cm³/mol. The highest BCUT2D eigenvalue weighted by Gasteiger charge is 2.26. The predicted octanol–water partition coefficient (Wildman–Crippen LogP) is 7.10. The number of rotatable bonds is 2. The third kappa shape index (κ3) is 3.69. The molecule has 0 aliphatic carbocycles. The Morgan fingerprint density at radius 3 is 1.54 bits per heavy atom. The molecular formula is C16H8Cl2N2S4. The third-order valence-electron chi connectivity index (χ3n) is 3.11. The van der Waals surface area contributed by atoms with Crippen LogP contribution in [0.5, 0.6) is 0 Å². The smallest absolute Gasteiger partial charge is 0.117 e. The molecule has 0 spiro atoms. The minimum Gasteiger partial charge on any atom is -0.203 e. The Bertz CT molecular complexity index is 835. The van der Waals surface area contributed by atoms with Gasteiger partial charge in [0.25, 0.3) is 0 Å². The van der Waals surface area contributed by atoms with Gasteiger partial charge in [-0.25, -0.2) is 8.80 Å². The van der Waals surface area contributed by atoms with Crippen molar-refractivity contribution in [2.24, 2.45) is 8.80 Å². The molecule has 0 N–H and O–H groups in total. The van der Waals surface area contributed by atoms with Crippen molar-refractivity contribution in [3.05, 3.63) is 78.2 Å². The summed E-state index contributed by atoms with van der Waals surface area (Å²) in [7, 11) is 0. The van der Waals surface area contributed by atoms with E-state index in [9.17, 15) is 0 Å². The number of halogens is 2. The minimum absolute atomic E-state index is 0.720. The fourth-order valence-electron chi connectivity index (χ4n) is 2.04. The SMILES string of the molecule is Clc1cccc(C2=NS/C(=C3\SN=C(c4cccc(Cl)c4)S3)S2)c1. The monoisotopic (exact) mass is 426 g/mol. The Morgan fingerprint density at radius 2 is 1.12 bits per heavy atom. The zero-order valence-corrected chi connectivity index (χ0v) is 16.7. The van der Waals surface area contributed by atoms with Crippen LogP contribution >= 0.6 is 70.6 Å². The lowest BCUT2D eigenvalue weighted by atomic mass is 10.2. The van der Waals surface area contributed by atoms with E-state index in [-0.39, 0.29) is 0 Å². The Labute approximate surface area is 166 Å². The molecule has 120 valence electrons. The normalized spacial score (nSPS) is 20.2. The molecule has 2 aromatic carbocycles. The molecule has 8 heteroatoms. The van der Waals surface area contributed by atoms with Gasteiger partial charge in [0.1, 0.15) is 10.1 Å². The van der Waals surface area contributed by atoms with Crippen LogP contribution in [0.2, 0.25) is 10.0 Å². The van der Waals surface area contributed by atoms with Gasteiger partial charge in [0.05, 0.1) is 8.47 Å². The molecule has 0 bridgehead atoms. The maximum Gasteiger partial charge on any atom is 0.117 e. The Balaban J connectivity index is 1.50. The Hall–Kier alpha value is -0.500. The first-order valence-electron chi connectivity index (χ1n) is 6.81. The molecule has 0 saturated carbocycles. The van der Waals surface area contributed by atoms with Crippen molar-refractivity contribution >= 4 is 80.7 Å². The van der Waals surface area contributed by atoms with Gasteiger partial charge in [0.2, 0.25) is 0 Å². The summed E-state index contributed by atoms with van der Waals surface area (Å²) in [4.78, 5) is 0. The van der Waals surface area contributed by atoms with Crippen molar-refractivity contribution in [1.29, 1.82) is 0 Å². The van der Waals surface area contributed by atoms with Crippen LogP contribution in [0.1, 0.15) is 11.1 Å². The van der Waals surface area contributed by atoms with Gasteiger partial charge in [-0.05, 0) is 24.3 Å². The van der Waals surface area contributed by atoms with Gasteiger partial charge in [-0.1, -0.05) is 71.0 Å². The van der Waals surface area contributed by atoms with Crippen molar-refractivity contribution in [2.75, 3.05) is 0 Å². The first-order valence-corrected chi connectivity index (χ1v) is 10.7. The van der Waals surface area contributed by atoms with Gasteiger partial charge < -0.3 is 0 Å². The van der Waals surface area contributed by atoms with E-state index in [2.05, 4.69) is 8.80 Å². The van der Waals surface area contributed by atoms with E-state index in [4.69, 9.17) is 23.2 Å². The molecule has 2 aliphatic rings. The van der Waals surface area contributed by atoms with Crippen LogP contribution in [-0.4, -0.2) is 10.1 Å². The summed E-state index contributed by atoms with van der Waals surface area (Å²) in [6, 6.07) is 15.5. The summed E-state index contributed by atoms with van der Waals surface area (Å²) in [5.74, 6) is 0. The molecule has 0 fully saturated rings. The molecule has 0 saturated heterocycles. The summed E-state index contributed by atoms with van der Waals surface area (Å²) >= 11 is 18.4. The quantitative estimate of drug-likeness (QED) is 0.477. The van der Waals surface area contributed by atoms with E-state index in [0.717, 1.165) is 39.7 Å². The van der Waals surface area contributed by atoms with Crippen LogP contribution < -0.4 is 0 Å². The van der Waals surface area contributed by atoms with Crippen LogP contribution in [0, 0.1) is 0 Å². The lowest BCUT2D eigenvalue weighted by Gasteiger charge is -2.02. The molecule has 2 heterocycles. The molecule has 2 aromatic rings. The maximum absolute atomic E-state index is 6.07.